The predicted octanol–water partition coefficient (Wildman–Crippen LogP) is -1.01. The van der Waals surface area contributed by atoms with Gasteiger partial charge in [-0.25, -0.2) is 0 Å². The van der Waals surface area contributed by atoms with Crippen LogP contribution in [0.4, 0.5) is 0 Å². The standard InChI is InChI=1S/C10H11.ClH.Mg/c1-2-6-10-8-4-3-7-9(10)5-1;;/h1,5-6H,3-4,7-8H2;1H;/q-1;;+2/p-1. The monoisotopic (exact) mass is 190 g/mol. The Balaban J connectivity index is 0.000000605. The predicted molar refractivity (Wildman–Crippen MR) is 47.7 cm³/mol. The molecule has 0 bridgehead atoms. The molecule has 0 saturated heterocycles. The van der Waals surface area contributed by atoms with Crippen LogP contribution >= 0.6 is 0 Å². The zero-order chi connectivity index (χ0) is 6.81. The van der Waals surface area contributed by atoms with Gasteiger partial charge in [-0.05, 0) is 0 Å². The molecule has 0 saturated carbocycles. The minimum atomic E-state index is 0. The fraction of sp³-hybridized carbons (Fsp3) is 0.400. The van der Waals surface area contributed by atoms with E-state index in [0.717, 1.165) is 0 Å². The van der Waals surface area contributed by atoms with Crippen LogP contribution in [0.15, 0.2) is 18.2 Å². The van der Waals surface area contributed by atoms with Crippen molar-refractivity contribution in [3.8, 4) is 0 Å². The van der Waals surface area contributed by atoms with Gasteiger partial charge in [-0.3, -0.25) is 0 Å². The molecule has 1 aromatic carbocycles. The summed E-state index contributed by atoms with van der Waals surface area (Å²) in [4.78, 5) is 0. The van der Waals surface area contributed by atoms with Gasteiger partial charge in [0.05, 0.1) is 0 Å². The maximum Gasteiger partial charge on any atom is 2.00 e. The van der Waals surface area contributed by atoms with Crippen LogP contribution < -0.4 is 12.4 Å². The van der Waals surface area contributed by atoms with Gasteiger partial charge in [0.15, 0.2) is 0 Å². The number of fused-ring (bicyclic) bond motifs is 1. The molecule has 0 unspecified atom stereocenters. The van der Waals surface area contributed by atoms with Gasteiger partial charge in [-0.2, -0.15) is 35.4 Å². The average Bonchev–Trinajstić information content (AvgIpc) is 2.05. The Bertz CT molecular complexity index is 210. The van der Waals surface area contributed by atoms with Crippen LogP contribution in [0.25, 0.3) is 0 Å². The van der Waals surface area contributed by atoms with Crippen LogP contribution in [0, 0.1) is 6.07 Å². The average molecular weight is 191 g/mol. The molecule has 1 aliphatic carbocycles. The SMILES string of the molecule is [Cl-].[Mg+2].[c-]1ccc2c(c1)CCCC2. The Morgan fingerprint density at radius 1 is 1.08 bits per heavy atom. The van der Waals surface area contributed by atoms with Crippen molar-refractivity contribution in [2.24, 2.45) is 0 Å². The minimum Gasteiger partial charge on any atom is -1.00 e. The van der Waals surface area contributed by atoms with Gasteiger partial charge in [-0.15, -0.1) is 0 Å². The second-order valence-corrected chi connectivity index (χ2v) is 2.90. The van der Waals surface area contributed by atoms with E-state index in [1.807, 2.05) is 6.07 Å². The van der Waals surface area contributed by atoms with E-state index in [9.17, 15) is 0 Å². The van der Waals surface area contributed by atoms with Crippen molar-refractivity contribution < 1.29 is 12.4 Å². The van der Waals surface area contributed by atoms with Crippen molar-refractivity contribution in [1.82, 2.24) is 0 Å². The first kappa shape index (κ1) is 12.3. The van der Waals surface area contributed by atoms with Crippen LogP contribution in [-0.4, -0.2) is 23.1 Å². The number of aryl methyl sites for hydroxylation is 2. The summed E-state index contributed by atoms with van der Waals surface area (Å²) in [5.74, 6) is 0. The van der Waals surface area contributed by atoms with E-state index < -0.39 is 0 Å². The summed E-state index contributed by atoms with van der Waals surface area (Å²) in [6, 6.07) is 9.47. The van der Waals surface area contributed by atoms with E-state index in [2.05, 4.69) is 18.2 Å². The van der Waals surface area contributed by atoms with E-state index in [0.29, 0.717) is 0 Å². The summed E-state index contributed by atoms with van der Waals surface area (Å²) in [5, 5.41) is 0. The Kier molecular flexibility index (Phi) is 5.98. The van der Waals surface area contributed by atoms with Gasteiger partial charge in [0.2, 0.25) is 0 Å². The number of hydrogen-bond acceptors (Lipinski definition) is 0. The molecule has 0 aromatic heterocycles. The summed E-state index contributed by atoms with van der Waals surface area (Å²) in [5.41, 5.74) is 3.07. The molecule has 0 amide bonds. The van der Waals surface area contributed by atoms with Gasteiger partial charge in [0.1, 0.15) is 0 Å². The molecule has 0 fully saturated rings. The molecule has 0 heterocycles. The first-order valence-corrected chi connectivity index (χ1v) is 3.95. The fourth-order valence-electron chi connectivity index (χ4n) is 1.60. The third-order valence-corrected chi connectivity index (χ3v) is 2.19. The maximum absolute atomic E-state index is 3.12. The molecule has 0 N–H and O–H groups in total. The zero-order valence-electron chi connectivity index (χ0n) is 7.15. The first-order valence-electron chi connectivity index (χ1n) is 3.95. The van der Waals surface area contributed by atoms with Crippen LogP contribution in [0.5, 0.6) is 0 Å². The van der Waals surface area contributed by atoms with Gasteiger partial charge in [-0.1, -0.05) is 25.7 Å². The fourth-order valence-corrected chi connectivity index (χ4v) is 1.60. The molecule has 0 atom stereocenters. The maximum atomic E-state index is 3.12. The smallest absolute Gasteiger partial charge is 1.00 e. The quantitative estimate of drug-likeness (QED) is 0.364. The van der Waals surface area contributed by atoms with E-state index in [1.165, 1.54) is 31.2 Å². The molecule has 0 nitrogen and oxygen atoms in total. The summed E-state index contributed by atoms with van der Waals surface area (Å²) < 4.78 is 0. The van der Waals surface area contributed by atoms with E-state index in [-0.39, 0.29) is 35.5 Å². The molecular formula is C10H11ClMg. The third kappa shape index (κ3) is 2.65. The minimum absolute atomic E-state index is 0. The molecule has 0 spiro atoms. The molecule has 0 aliphatic heterocycles. The Hall–Kier alpha value is 0.276. The number of rotatable bonds is 0. The van der Waals surface area contributed by atoms with Crippen molar-refractivity contribution in [1.29, 1.82) is 0 Å². The molecular weight excluding hydrogens is 180 g/mol. The van der Waals surface area contributed by atoms with Crippen LogP contribution in [0.2, 0.25) is 0 Å². The van der Waals surface area contributed by atoms with Crippen molar-refractivity contribution in [2.75, 3.05) is 0 Å². The van der Waals surface area contributed by atoms with Crippen molar-refractivity contribution >= 4 is 23.1 Å². The van der Waals surface area contributed by atoms with E-state index in [1.54, 1.807) is 5.56 Å². The third-order valence-electron chi connectivity index (χ3n) is 2.19. The van der Waals surface area contributed by atoms with Gasteiger partial charge in [0, 0.05) is 0 Å². The molecule has 12 heavy (non-hydrogen) atoms. The van der Waals surface area contributed by atoms with Gasteiger partial charge in [0.25, 0.3) is 0 Å². The van der Waals surface area contributed by atoms with Crippen LogP contribution in [0.3, 0.4) is 0 Å². The first-order chi connectivity index (χ1) is 4.97. The van der Waals surface area contributed by atoms with Crippen molar-refractivity contribution in [3.05, 3.63) is 35.4 Å². The Morgan fingerprint density at radius 3 is 2.42 bits per heavy atom. The molecule has 0 radical (unpaired) electrons. The van der Waals surface area contributed by atoms with Crippen molar-refractivity contribution in [3.63, 3.8) is 0 Å². The molecule has 1 aromatic rings. The summed E-state index contributed by atoms with van der Waals surface area (Å²) in [7, 11) is 0. The number of hydrogen-bond donors (Lipinski definition) is 0. The van der Waals surface area contributed by atoms with E-state index in [4.69, 9.17) is 0 Å². The Labute approximate surface area is 96.3 Å². The van der Waals surface area contributed by atoms with Crippen LogP contribution in [0.1, 0.15) is 24.0 Å². The second kappa shape index (κ2) is 5.84. The number of benzene rings is 1. The molecule has 60 valence electrons. The number of halogens is 1. The second-order valence-electron chi connectivity index (χ2n) is 2.90. The molecule has 1 aliphatic rings. The summed E-state index contributed by atoms with van der Waals surface area (Å²) in [6.07, 6.45) is 5.29. The topological polar surface area (TPSA) is 0 Å². The van der Waals surface area contributed by atoms with Crippen LogP contribution in [-0.2, 0) is 12.8 Å². The largest absolute Gasteiger partial charge is 2.00 e. The summed E-state index contributed by atoms with van der Waals surface area (Å²) in [6.45, 7) is 0. The van der Waals surface area contributed by atoms with E-state index >= 15 is 0 Å². The Morgan fingerprint density at radius 2 is 1.75 bits per heavy atom. The summed E-state index contributed by atoms with van der Waals surface area (Å²) >= 11 is 0. The molecule has 2 rings (SSSR count). The normalized spacial score (nSPS) is 13.7. The zero-order valence-corrected chi connectivity index (χ0v) is 9.32. The van der Waals surface area contributed by atoms with Gasteiger partial charge < -0.3 is 12.4 Å². The van der Waals surface area contributed by atoms with Gasteiger partial charge >= 0.3 is 23.1 Å². The molecule has 2 heteroatoms. The van der Waals surface area contributed by atoms with Crippen molar-refractivity contribution in [2.45, 2.75) is 25.7 Å².